The maximum atomic E-state index is 13.3. The molecule has 7 N–H and O–H groups in total. The number of nitrogens with one attached hydrogen (secondary N) is 1. The molecule has 6 unspecified atom stereocenters. The van der Waals surface area contributed by atoms with Crippen LogP contribution < -0.4 is 10.9 Å². The SMILES string of the molecule is CC=CC=CC1OC(O)([C@H](CC)C(=O)NCC=CC=C(C)[C@@H](OC)[C@@H](C)[C@@H]2O[C@H](C=CC=CC=C(C)C(=O)c3c(O)ccn(C)c3=O)C(O)C2O)C(O)C(O)C1(C)C. The molecule has 1 aromatic heterocycles. The normalized spacial score (nSPS) is 29.9. The Morgan fingerprint density at radius 2 is 1.67 bits per heavy atom. The maximum Gasteiger partial charge on any atom is 0.265 e. The molecule has 1 amide bonds. The van der Waals surface area contributed by atoms with Crippen LogP contribution in [-0.4, -0.2) is 115 Å². The van der Waals surface area contributed by atoms with E-state index in [2.05, 4.69) is 5.32 Å². The van der Waals surface area contributed by atoms with Crippen LogP contribution in [0.3, 0.4) is 0 Å². The number of amides is 1. The zero-order valence-corrected chi connectivity index (χ0v) is 34.9. The summed E-state index contributed by atoms with van der Waals surface area (Å²) in [4.78, 5) is 38.4. The third kappa shape index (κ3) is 10.9. The monoisotopic (exact) mass is 810 g/mol. The summed E-state index contributed by atoms with van der Waals surface area (Å²) >= 11 is 0. The number of aromatic hydroxyl groups is 1. The van der Waals surface area contributed by atoms with Crippen molar-refractivity contribution in [1.82, 2.24) is 9.88 Å². The molecular formula is C44H62N2O12. The van der Waals surface area contributed by atoms with Crippen molar-refractivity contribution in [2.24, 2.45) is 24.3 Å². The minimum Gasteiger partial charge on any atom is -0.507 e. The van der Waals surface area contributed by atoms with E-state index in [0.29, 0.717) is 0 Å². The number of aliphatic hydroxyl groups excluding tert-OH is 4. The van der Waals surface area contributed by atoms with Gasteiger partial charge in [0.15, 0.2) is 5.78 Å². The first-order valence-corrected chi connectivity index (χ1v) is 19.5. The fourth-order valence-electron chi connectivity index (χ4n) is 7.27. The summed E-state index contributed by atoms with van der Waals surface area (Å²) in [5.74, 6) is -5.51. The van der Waals surface area contributed by atoms with Crippen LogP contribution >= 0.6 is 0 Å². The zero-order valence-electron chi connectivity index (χ0n) is 34.9. The van der Waals surface area contributed by atoms with Crippen molar-refractivity contribution in [2.75, 3.05) is 13.7 Å². The van der Waals surface area contributed by atoms with Gasteiger partial charge in [0.2, 0.25) is 11.7 Å². The molecule has 58 heavy (non-hydrogen) atoms. The first-order valence-electron chi connectivity index (χ1n) is 19.5. The highest BCUT2D eigenvalue weighted by molar-refractivity contribution is 6.09. The average Bonchev–Trinajstić information content (AvgIpc) is 3.46. The van der Waals surface area contributed by atoms with E-state index in [1.807, 2.05) is 26.8 Å². The Labute approximate surface area is 340 Å². The van der Waals surface area contributed by atoms with Gasteiger partial charge in [0.25, 0.3) is 5.56 Å². The van der Waals surface area contributed by atoms with Gasteiger partial charge in [-0.3, -0.25) is 14.4 Å². The number of carbonyl (C=O) groups is 2. The van der Waals surface area contributed by atoms with E-state index in [1.165, 1.54) is 44.0 Å². The molecule has 2 aliphatic rings. The highest BCUT2D eigenvalue weighted by atomic mass is 16.7. The number of hydrogen-bond acceptors (Lipinski definition) is 12. The maximum absolute atomic E-state index is 13.3. The number of carbonyl (C=O) groups excluding carboxylic acids is 2. The van der Waals surface area contributed by atoms with Crippen molar-refractivity contribution in [3.05, 3.63) is 112 Å². The highest BCUT2D eigenvalue weighted by Crippen LogP contribution is 2.44. The fourth-order valence-corrected chi connectivity index (χ4v) is 7.27. The Morgan fingerprint density at radius 3 is 2.31 bits per heavy atom. The molecule has 0 bridgehead atoms. The van der Waals surface area contributed by atoms with Crippen LogP contribution in [0.4, 0.5) is 0 Å². The molecule has 320 valence electrons. The fraction of sp³-hybridized carbons (Fsp3) is 0.523. The van der Waals surface area contributed by atoms with Crippen LogP contribution in [0.1, 0.15) is 65.2 Å². The summed E-state index contributed by atoms with van der Waals surface area (Å²) < 4.78 is 19.0. The Bertz CT molecular complexity index is 1860. The Hall–Kier alpha value is -4.25. The largest absolute Gasteiger partial charge is 0.507 e. The molecule has 0 aromatic carbocycles. The first kappa shape index (κ1) is 48.1. The Balaban J connectivity index is 1.61. The number of pyridine rings is 1. The lowest BCUT2D eigenvalue weighted by molar-refractivity contribution is -0.359. The predicted octanol–water partition coefficient (Wildman–Crippen LogP) is 3.09. The predicted molar refractivity (Wildman–Crippen MR) is 220 cm³/mol. The number of Topliss-reactive ketones (excluding diaryl/α,β-unsaturated/α-hetero) is 1. The van der Waals surface area contributed by atoms with Gasteiger partial charge < -0.3 is 54.7 Å². The lowest BCUT2D eigenvalue weighted by Crippen LogP contribution is -2.69. The number of hydrogen-bond donors (Lipinski definition) is 7. The Morgan fingerprint density at radius 1 is 1.00 bits per heavy atom. The van der Waals surface area contributed by atoms with Crippen molar-refractivity contribution < 1.29 is 54.4 Å². The number of rotatable bonds is 17. The molecule has 3 heterocycles. The molecule has 14 nitrogen and oxygen atoms in total. The summed E-state index contributed by atoms with van der Waals surface area (Å²) in [6, 6.07) is 1.27. The van der Waals surface area contributed by atoms with Gasteiger partial charge in [-0.05, 0) is 44.4 Å². The quantitative estimate of drug-likeness (QED) is 0.0687. The number of aromatic nitrogens is 1. The number of ketones is 1. The number of methoxy groups -OCH3 is 1. The standard InChI is InChI=1S/C44H62N2O12/c1-10-12-14-22-32-43(6,7)39(51)40(52)44(55,58-32)29(11-2)41(53)45-24-18-17-20-27(4)37(56-9)28(5)38-36(50)35(49)31(57-38)21-16-13-15-19-26(3)34(48)33-30(47)23-25-46(8)42(33)54/h10,12-23,25,28-29,31-32,35-40,47,49-52,55H,11,24H2,1-9H3,(H,45,53)/t28-,29-,31-,32?,35?,36?,37-,38+,39?,40?,44?/m1/s1. The zero-order chi connectivity index (χ0) is 43.5. The van der Waals surface area contributed by atoms with Crippen LogP contribution in [0, 0.1) is 17.3 Å². The molecule has 2 saturated heterocycles. The smallest absolute Gasteiger partial charge is 0.265 e. The molecule has 11 atom stereocenters. The van der Waals surface area contributed by atoms with E-state index < -0.39 is 94.9 Å². The minimum absolute atomic E-state index is 0.0818. The molecule has 0 aliphatic carbocycles. The number of allylic oxidation sites excluding steroid dienone is 10. The van der Waals surface area contributed by atoms with Crippen LogP contribution in [-0.2, 0) is 26.1 Å². The molecule has 14 heteroatoms. The van der Waals surface area contributed by atoms with E-state index in [0.717, 1.165) is 5.57 Å². The third-order valence-electron chi connectivity index (χ3n) is 11.0. The topological polar surface area (TPSA) is 217 Å². The molecule has 1 aromatic rings. The molecule has 0 saturated carbocycles. The van der Waals surface area contributed by atoms with Gasteiger partial charge in [0, 0.05) is 38.2 Å². The van der Waals surface area contributed by atoms with Gasteiger partial charge in [-0.2, -0.15) is 0 Å². The molecule has 3 rings (SSSR count). The summed E-state index contributed by atoms with van der Waals surface area (Å²) in [5.41, 5.74) is -0.881. The van der Waals surface area contributed by atoms with Gasteiger partial charge in [0.1, 0.15) is 35.7 Å². The number of aryl methyl sites for hydroxylation is 1. The second-order valence-electron chi connectivity index (χ2n) is 15.5. The van der Waals surface area contributed by atoms with E-state index in [9.17, 15) is 45.0 Å². The molecule has 0 radical (unpaired) electrons. The summed E-state index contributed by atoms with van der Waals surface area (Å²) in [5, 5.41) is 68.0. The number of nitrogens with zero attached hydrogens (tertiary/aromatic N) is 1. The second-order valence-corrected chi connectivity index (χ2v) is 15.5. The van der Waals surface area contributed by atoms with E-state index in [-0.39, 0.29) is 24.1 Å². The van der Waals surface area contributed by atoms with Crippen LogP contribution in [0.2, 0.25) is 0 Å². The van der Waals surface area contributed by atoms with Crippen molar-refractivity contribution >= 4 is 11.7 Å². The second kappa shape index (κ2) is 21.1. The highest BCUT2D eigenvalue weighted by Gasteiger charge is 2.60. The summed E-state index contributed by atoms with van der Waals surface area (Å²) in [6.07, 6.45) is 13.0. The van der Waals surface area contributed by atoms with Crippen molar-refractivity contribution in [2.45, 2.75) is 110 Å². The van der Waals surface area contributed by atoms with Gasteiger partial charge >= 0.3 is 0 Å². The van der Waals surface area contributed by atoms with Crippen LogP contribution in [0.15, 0.2) is 101 Å². The van der Waals surface area contributed by atoms with Gasteiger partial charge in [-0.15, -0.1) is 0 Å². The molecular weight excluding hydrogens is 748 g/mol. The van der Waals surface area contributed by atoms with Crippen molar-refractivity contribution in [3.63, 3.8) is 0 Å². The number of ether oxygens (including phenoxy) is 3. The Kier molecular flexibility index (Phi) is 17.5. The van der Waals surface area contributed by atoms with Gasteiger partial charge in [-0.25, -0.2) is 0 Å². The van der Waals surface area contributed by atoms with Crippen molar-refractivity contribution in [3.8, 4) is 5.75 Å². The molecule has 2 fully saturated rings. The lowest BCUT2D eigenvalue weighted by atomic mass is 9.71. The summed E-state index contributed by atoms with van der Waals surface area (Å²) in [7, 11) is 3.01. The minimum atomic E-state index is -2.34. The van der Waals surface area contributed by atoms with E-state index in [1.54, 1.807) is 81.5 Å². The van der Waals surface area contributed by atoms with E-state index in [4.69, 9.17) is 14.2 Å². The van der Waals surface area contributed by atoms with Crippen molar-refractivity contribution in [1.29, 1.82) is 0 Å². The first-order chi connectivity index (χ1) is 27.3. The molecule has 0 spiro atoms. The lowest BCUT2D eigenvalue weighted by Gasteiger charge is -2.53. The van der Waals surface area contributed by atoms with Crippen LogP contribution in [0.25, 0.3) is 0 Å². The van der Waals surface area contributed by atoms with E-state index >= 15 is 0 Å². The third-order valence-corrected chi connectivity index (χ3v) is 11.0. The van der Waals surface area contributed by atoms with Gasteiger partial charge in [-0.1, -0.05) is 101 Å². The summed E-state index contributed by atoms with van der Waals surface area (Å²) in [6.45, 7) is 12.2. The molecule has 2 aliphatic heterocycles. The van der Waals surface area contributed by atoms with Crippen LogP contribution in [0.5, 0.6) is 5.75 Å². The average molecular weight is 811 g/mol. The van der Waals surface area contributed by atoms with Gasteiger partial charge in [0.05, 0.1) is 30.3 Å². The number of aliphatic hydroxyl groups is 5.